The molecule has 3 heterocycles. The lowest BCUT2D eigenvalue weighted by Gasteiger charge is -2.38. The van der Waals surface area contributed by atoms with Crippen LogP contribution in [0.2, 0.25) is 0 Å². The van der Waals surface area contributed by atoms with Gasteiger partial charge in [0, 0.05) is 38.5 Å². The van der Waals surface area contributed by atoms with E-state index in [0.29, 0.717) is 5.92 Å². The number of anilines is 1. The smallest absolute Gasteiger partial charge is 0.0500 e. The second-order valence-electron chi connectivity index (χ2n) is 6.04. The van der Waals surface area contributed by atoms with Gasteiger partial charge in [0.15, 0.2) is 0 Å². The molecule has 0 amide bonds. The third-order valence-corrected chi connectivity index (χ3v) is 4.98. The van der Waals surface area contributed by atoms with Gasteiger partial charge < -0.3 is 15.0 Å². The van der Waals surface area contributed by atoms with Crippen LogP contribution in [0.1, 0.15) is 29.9 Å². The Morgan fingerprint density at radius 2 is 2.21 bits per heavy atom. The maximum Gasteiger partial charge on any atom is 0.0500 e. The van der Waals surface area contributed by atoms with Crippen LogP contribution in [-0.2, 0) is 11.3 Å². The van der Waals surface area contributed by atoms with Gasteiger partial charge in [0.05, 0.1) is 6.61 Å². The average molecular weight is 258 g/mol. The fourth-order valence-corrected chi connectivity index (χ4v) is 4.02. The number of para-hydroxylation sites is 1. The van der Waals surface area contributed by atoms with E-state index in [1.165, 1.54) is 30.6 Å². The molecule has 2 unspecified atom stereocenters. The zero-order chi connectivity index (χ0) is 12.7. The molecule has 1 saturated heterocycles. The standard InChI is InChI=1S/C16H22N2O/c1-2-12-10-17-6-8-18-7-4-14(13-5-9-19-11-13)15(3-1)16(12)18/h1-3,13-14,17H,4-11H2. The first-order valence-corrected chi connectivity index (χ1v) is 7.58. The van der Waals surface area contributed by atoms with E-state index in [1.54, 1.807) is 5.56 Å². The van der Waals surface area contributed by atoms with Crippen LogP contribution in [-0.4, -0.2) is 32.8 Å². The van der Waals surface area contributed by atoms with Gasteiger partial charge in [0.25, 0.3) is 0 Å². The van der Waals surface area contributed by atoms with Crippen molar-refractivity contribution in [1.29, 1.82) is 0 Å². The zero-order valence-electron chi connectivity index (χ0n) is 11.4. The van der Waals surface area contributed by atoms with Crippen LogP contribution in [0.3, 0.4) is 0 Å². The third kappa shape index (κ3) is 1.96. The molecule has 0 saturated carbocycles. The number of nitrogens with one attached hydrogen (secondary N) is 1. The SMILES string of the molecule is c1cc2c3c(c1)C(C1CCOC1)CCN3CCNC2. The summed E-state index contributed by atoms with van der Waals surface area (Å²) in [4.78, 5) is 2.59. The van der Waals surface area contributed by atoms with Gasteiger partial charge in [0.1, 0.15) is 0 Å². The Balaban J connectivity index is 1.76. The maximum atomic E-state index is 5.62. The van der Waals surface area contributed by atoms with Gasteiger partial charge >= 0.3 is 0 Å². The highest BCUT2D eigenvalue weighted by atomic mass is 16.5. The Morgan fingerprint density at radius 1 is 1.21 bits per heavy atom. The van der Waals surface area contributed by atoms with E-state index in [4.69, 9.17) is 4.74 Å². The highest BCUT2D eigenvalue weighted by Crippen LogP contribution is 2.43. The predicted molar refractivity (Wildman–Crippen MR) is 76.6 cm³/mol. The van der Waals surface area contributed by atoms with Gasteiger partial charge in [-0.25, -0.2) is 0 Å². The van der Waals surface area contributed by atoms with Crippen LogP contribution in [0.15, 0.2) is 18.2 Å². The summed E-state index contributed by atoms with van der Waals surface area (Å²) in [6.45, 7) is 6.41. The van der Waals surface area contributed by atoms with Crippen molar-refractivity contribution in [3.63, 3.8) is 0 Å². The predicted octanol–water partition coefficient (Wildman–Crippen LogP) is 2.12. The number of benzene rings is 1. The molecule has 1 aromatic rings. The lowest BCUT2D eigenvalue weighted by atomic mass is 9.79. The Bertz CT molecular complexity index is 468. The lowest BCUT2D eigenvalue weighted by Crippen LogP contribution is -2.36. The second kappa shape index (κ2) is 4.80. The number of rotatable bonds is 1. The lowest BCUT2D eigenvalue weighted by molar-refractivity contribution is 0.179. The van der Waals surface area contributed by atoms with E-state index in [2.05, 4.69) is 28.4 Å². The Labute approximate surface area is 114 Å². The van der Waals surface area contributed by atoms with E-state index in [9.17, 15) is 0 Å². The van der Waals surface area contributed by atoms with Crippen LogP contribution in [0.25, 0.3) is 0 Å². The Hall–Kier alpha value is -1.06. The molecule has 3 aliphatic heterocycles. The summed E-state index contributed by atoms with van der Waals surface area (Å²) >= 11 is 0. The summed E-state index contributed by atoms with van der Waals surface area (Å²) in [7, 11) is 0. The number of hydrogen-bond donors (Lipinski definition) is 1. The molecule has 19 heavy (non-hydrogen) atoms. The van der Waals surface area contributed by atoms with Crippen LogP contribution in [0.5, 0.6) is 0 Å². The quantitative estimate of drug-likeness (QED) is 0.835. The van der Waals surface area contributed by atoms with Crippen molar-refractivity contribution in [1.82, 2.24) is 5.32 Å². The highest BCUT2D eigenvalue weighted by Gasteiger charge is 2.34. The van der Waals surface area contributed by atoms with Crippen LogP contribution in [0.4, 0.5) is 5.69 Å². The molecule has 3 heteroatoms. The topological polar surface area (TPSA) is 24.5 Å². The minimum absolute atomic E-state index is 0.715. The molecule has 4 rings (SSSR count). The van der Waals surface area contributed by atoms with Crippen molar-refractivity contribution in [2.24, 2.45) is 5.92 Å². The van der Waals surface area contributed by atoms with E-state index in [0.717, 1.165) is 38.8 Å². The molecule has 1 N–H and O–H groups in total. The molecule has 0 spiro atoms. The van der Waals surface area contributed by atoms with Crippen molar-refractivity contribution in [3.05, 3.63) is 29.3 Å². The van der Waals surface area contributed by atoms with Gasteiger partial charge in [-0.15, -0.1) is 0 Å². The van der Waals surface area contributed by atoms with Gasteiger partial charge in [-0.3, -0.25) is 0 Å². The van der Waals surface area contributed by atoms with Gasteiger partial charge in [-0.1, -0.05) is 18.2 Å². The molecular weight excluding hydrogens is 236 g/mol. The van der Waals surface area contributed by atoms with Gasteiger partial charge in [-0.2, -0.15) is 0 Å². The summed E-state index contributed by atoms with van der Waals surface area (Å²) in [5.41, 5.74) is 4.61. The fourth-order valence-electron chi connectivity index (χ4n) is 4.02. The molecule has 2 atom stereocenters. The molecule has 1 aromatic carbocycles. The van der Waals surface area contributed by atoms with Crippen LogP contribution in [0, 0.1) is 5.92 Å². The van der Waals surface area contributed by atoms with Crippen molar-refractivity contribution in [3.8, 4) is 0 Å². The van der Waals surface area contributed by atoms with Gasteiger partial charge in [0.2, 0.25) is 0 Å². The molecule has 102 valence electrons. The van der Waals surface area contributed by atoms with Gasteiger partial charge in [-0.05, 0) is 35.8 Å². The summed E-state index contributed by atoms with van der Waals surface area (Å²) in [5, 5.41) is 3.54. The molecule has 0 radical (unpaired) electrons. The molecule has 0 aliphatic carbocycles. The summed E-state index contributed by atoms with van der Waals surface area (Å²) < 4.78 is 5.62. The summed E-state index contributed by atoms with van der Waals surface area (Å²) in [6, 6.07) is 6.89. The Kier molecular flexibility index (Phi) is 2.97. The molecule has 3 aliphatic rings. The van der Waals surface area contributed by atoms with Crippen molar-refractivity contribution >= 4 is 5.69 Å². The Morgan fingerprint density at radius 3 is 3.11 bits per heavy atom. The largest absolute Gasteiger partial charge is 0.381 e. The monoisotopic (exact) mass is 258 g/mol. The first-order valence-electron chi connectivity index (χ1n) is 7.58. The highest BCUT2D eigenvalue weighted by molar-refractivity contribution is 5.63. The molecule has 0 bridgehead atoms. The van der Waals surface area contributed by atoms with E-state index >= 15 is 0 Å². The van der Waals surface area contributed by atoms with Crippen molar-refractivity contribution in [2.75, 3.05) is 37.7 Å². The molecule has 3 nitrogen and oxygen atoms in total. The van der Waals surface area contributed by atoms with E-state index in [1.807, 2.05) is 0 Å². The minimum atomic E-state index is 0.715. The van der Waals surface area contributed by atoms with E-state index < -0.39 is 0 Å². The summed E-state index contributed by atoms with van der Waals surface area (Å²) in [5.74, 6) is 1.46. The van der Waals surface area contributed by atoms with Crippen molar-refractivity contribution < 1.29 is 4.74 Å². The van der Waals surface area contributed by atoms with E-state index in [-0.39, 0.29) is 0 Å². The van der Waals surface area contributed by atoms with Crippen molar-refractivity contribution in [2.45, 2.75) is 25.3 Å². The molecular formula is C16H22N2O. The molecule has 0 aromatic heterocycles. The minimum Gasteiger partial charge on any atom is -0.381 e. The number of hydrogen-bond acceptors (Lipinski definition) is 3. The average Bonchev–Trinajstić information content (AvgIpc) is 2.89. The number of ether oxygens (including phenoxy) is 1. The maximum absolute atomic E-state index is 5.62. The summed E-state index contributed by atoms with van der Waals surface area (Å²) in [6.07, 6.45) is 2.54. The molecule has 1 fully saturated rings. The first-order chi connectivity index (χ1) is 9.43. The fraction of sp³-hybridized carbons (Fsp3) is 0.625. The first kappa shape index (κ1) is 11.7. The van der Waals surface area contributed by atoms with Crippen LogP contribution >= 0.6 is 0 Å². The number of nitrogens with zero attached hydrogens (tertiary/aromatic N) is 1. The second-order valence-corrected chi connectivity index (χ2v) is 6.04. The normalized spacial score (nSPS) is 30.0. The third-order valence-electron chi connectivity index (χ3n) is 4.98. The zero-order valence-corrected chi connectivity index (χ0v) is 11.4. The van der Waals surface area contributed by atoms with Crippen LogP contribution < -0.4 is 10.2 Å².